The number of carbonyl (C=O) groups is 1. The van der Waals surface area contributed by atoms with Crippen LogP contribution in [0.3, 0.4) is 0 Å². The molecule has 0 bridgehead atoms. The molecular formula is C15H22ClN3O4S2. The first kappa shape index (κ1) is 18.9. The highest BCUT2D eigenvalue weighted by Gasteiger charge is 2.32. The highest BCUT2D eigenvalue weighted by molar-refractivity contribution is 7.89. The molecule has 2 N–H and O–H groups in total. The molecule has 1 aliphatic carbocycles. The van der Waals surface area contributed by atoms with Crippen molar-refractivity contribution in [3.05, 3.63) is 16.5 Å². The first-order valence-electron chi connectivity index (χ1n) is 8.36. The first-order valence-corrected chi connectivity index (χ1v) is 11.2. The van der Waals surface area contributed by atoms with Crippen LogP contribution < -0.4 is 14.8 Å². The van der Waals surface area contributed by atoms with Gasteiger partial charge in [0, 0.05) is 18.6 Å². The van der Waals surface area contributed by atoms with E-state index in [4.69, 9.17) is 16.3 Å². The van der Waals surface area contributed by atoms with Gasteiger partial charge in [0.2, 0.25) is 10.0 Å². The fraction of sp³-hybridized carbons (Fsp3) is 0.667. The van der Waals surface area contributed by atoms with Crippen LogP contribution in [0, 0.1) is 0 Å². The van der Waals surface area contributed by atoms with Crippen molar-refractivity contribution in [1.82, 2.24) is 14.9 Å². The van der Waals surface area contributed by atoms with Gasteiger partial charge in [-0.1, -0.05) is 22.9 Å². The Kier molecular flexibility index (Phi) is 6.21. The van der Waals surface area contributed by atoms with Crippen molar-refractivity contribution in [1.29, 1.82) is 0 Å². The van der Waals surface area contributed by atoms with Gasteiger partial charge in [-0.25, -0.2) is 17.9 Å². The molecule has 1 aromatic rings. The Morgan fingerprint density at radius 1 is 1.28 bits per heavy atom. The maximum absolute atomic E-state index is 12.1. The summed E-state index contributed by atoms with van der Waals surface area (Å²) in [7, 11) is -3.43. The van der Waals surface area contributed by atoms with Gasteiger partial charge in [0.05, 0.1) is 10.1 Å². The highest BCUT2D eigenvalue weighted by Crippen LogP contribution is 2.29. The van der Waals surface area contributed by atoms with E-state index in [0.29, 0.717) is 9.40 Å². The van der Waals surface area contributed by atoms with Crippen LogP contribution in [0.25, 0.3) is 0 Å². The molecular weight excluding hydrogens is 386 g/mol. The number of nitrogens with one attached hydrogen (secondary N) is 2. The van der Waals surface area contributed by atoms with Crippen molar-refractivity contribution in [3.8, 4) is 5.06 Å². The van der Waals surface area contributed by atoms with E-state index in [0.717, 1.165) is 43.3 Å². The molecule has 10 heteroatoms. The number of carbonyl (C=O) groups excluding carboxylic acids is 1. The van der Waals surface area contributed by atoms with E-state index in [9.17, 15) is 13.2 Å². The maximum atomic E-state index is 12.1. The van der Waals surface area contributed by atoms with E-state index in [1.54, 1.807) is 12.1 Å². The molecule has 1 saturated heterocycles. The molecule has 1 amide bonds. The number of likely N-dealkylation sites (tertiary alicyclic amines) is 1. The van der Waals surface area contributed by atoms with E-state index in [1.807, 2.05) is 0 Å². The predicted octanol–water partition coefficient (Wildman–Crippen LogP) is 2.04. The molecule has 1 aliphatic heterocycles. The second-order valence-electron chi connectivity index (χ2n) is 6.35. The zero-order chi connectivity index (χ0) is 17.9. The van der Waals surface area contributed by atoms with Crippen LogP contribution in [-0.4, -0.2) is 56.9 Å². The summed E-state index contributed by atoms with van der Waals surface area (Å²) in [6.45, 7) is 1.89. The minimum absolute atomic E-state index is 0.00576. The van der Waals surface area contributed by atoms with Crippen LogP contribution in [0.5, 0.6) is 5.06 Å². The van der Waals surface area contributed by atoms with Crippen molar-refractivity contribution in [2.24, 2.45) is 0 Å². The molecule has 140 valence electrons. The summed E-state index contributed by atoms with van der Waals surface area (Å²) >= 11 is 6.88. The topological polar surface area (TPSA) is 87.7 Å². The predicted molar refractivity (Wildman–Crippen MR) is 97.9 cm³/mol. The SMILES string of the molecule is O=C(NCCS(=O)(=O)NC1CCN(C2CC2)CC1)Oc1ccc(Cl)s1. The summed E-state index contributed by atoms with van der Waals surface area (Å²) in [5.74, 6) is -0.171. The Labute approximate surface area is 156 Å². The molecule has 2 aliphatic rings. The van der Waals surface area contributed by atoms with Crippen LogP contribution in [0.4, 0.5) is 4.79 Å². The number of sulfonamides is 1. The second kappa shape index (κ2) is 8.22. The Bertz CT molecular complexity index is 697. The van der Waals surface area contributed by atoms with Crippen molar-refractivity contribution in [3.63, 3.8) is 0 Å². The summed E-state index contributed by atoms with van der Waals surface area (Å²) < 4.78 is 32.5. The number of halogens is 1. The van der Waals surface area contributed by atoms with Gasteiger partial charge in [0.15, 0.2) is 5.06 Å². The molecule has 0 radical (unpaired) electrons. The van der Waals surface area contributed by atoms with Gasteiger partial charge in [-0.15, -0.1) is 0 Å². The molecule has 7 nitrogen and oxygen atoms in total. The van der Waals surface area contributed by atoms with E-state index in [1.165, 1.54) is 12.8 Å². The van der Waals surface area contributed by atoms with Crippen LogP contribution >= 0.6 is 22.9 Å². The summed E-state index contributed by atoms with van der Waals surface area (Å²) in [4.78, 5) is 14.1. The maximum Gasteiger partial charge on any atom is 0.413 e. The molecule has 0 atom stereocenters. The van der Waals surface area contributed by atoms with Gasteiger partial charge in [-0.3, -0.25) is 0 Å². The Morgan fingerprint density at radius 2 is 2.00 bits per heavy atom. The molecule has 0 spiro atoms. The quantitative estimate of drug-likeness (QED) is 0.722. The van der Waals surface area contributed by atoms with E-state index < -0.39 is 16.1 Å². The van der Waals surface area contributed by atoms with E-state index in [2.05, 4.69) is 14.9 Å². The number of hydrogen-bond acceptors (Lipinski definition) is 6. The van der Waals surface area contributed by atoms with Crippen molar-refractivity contribution in [2.45, 2.75) is 37.8 Å². The smallest absolute Gasteiger partial charge is 0.399 e. The van der Waals surface area contributed by atoms with Crippen molar-refractivity contribution < 1.29 is 17.9 Å². The zero-order valence-corrected chi connectivity index (χ0v) is 16.1. The molecule has 3 rings (SSSR count). The Morgan fingerprint density at radius 3 is 2.60 bits per heavy atom. The molecule has 0 unspecified atom stereocenters. The lowest BCUT2D eigenvalue weighted by molar-refractivity contribution is 0.198. The monoisotopic (exact) mass is 407 g/mol. The molecule has 2 fully saturated rings. The van der Waals surface area contributed by atoms with E-state index >= 15 is 0 Å². The van der Waals surface area contributed by atoms with Gasteiger partial charge >= 0.3 is 6.09 Å². The first-order chi connectivity index (χ1) is 11.9. The number of nitrogens with zero attached hydrogens (tertiary/aromatic N) is 1. The van der Waals surface area contributed by atoms with Gasteiger partial charge in [-0.05, 0) is 50.9 Å². The summed E-state index contributed by atoms with van der Waals surface area (Å²) in [6.07, 6.45) is 3.53. The average Bonchev–Trinajstić information content (AvgIpc) is 3.31. The van der Waals surface area contributed by atoms with Crippen LogP contribution in [-0.2, 0) is 10.0 Å². The molecule has 2 heterocycles. The highest BCUT2D eigenvalue weighted by atomic mass is 35.5. The summed E-state index contributed by atoms with van der Waals surface area (Å²) in [5, 5.41) is 2.81. The third kappa shape index (κ3) is 6.10. The van der Waals surface area contributed by atoms with Crippen LogP contribution in [0.15, 0.2) is 12.1 Å². The fourth-order valence-corrected chi connectivity index (χ4v) is 5.01. The minimum Gasteiger partial charge on any atom is -0.399 e. The van der Waals surface area contributed by atoms with E-state index in [-0.39, 0.29) is 18.3 Å². The van der Waals surface area contributed by atoms with Crippen molar-refractivity contribution >= 4 is 39.1 Å². The average molecular weight is 408 g/mol. The molecule has 0 aromatic carbocycles. The third-order valence-corrected chi connectivity index (χ3v) is 6.86. The van der Waals surface area contributed by atoms with Gasteiger partial charge < -0.3 is 15.0 Å². The van der Waals surface area contributed by atoms with Crippen LogP contribution in [0.1, 0.15) is 25.7 Å². The number of hydrogen-bond donors (Lipinski definition) is 2. The lowest BCUT2D eigenvalue weighted by Crippen LogP contribution is -2.46. The minimum atomic E-state index is -3.43. The summed E-state index contributed by atoms with van der Waals surface area (Å²) in [6, 6.07) is 3.92. The number of rotatable bonds is 7. The Balaban J connectivity index is 1.34. The Hall–Kier alpha value is -0.870. The standard InChI is InChI=1S/C15H22ClN3O4S2/c16-13-3-4-14(24-13)23-15(20)17-7-10-25(21,22)18-11-5-8-19(9-6-11)12-1-2-12/h3-4,11-12,18H,1-2,5-10H2,(H,17,20). The molecule has 25 heavy (non-hydrogen) atoms. The normalized spacial score (nSPS) is 19.7. The van der Waals surface area contributed by atoms with Crippen molar-refractivity contribution in [2.75, 3.05) is 25.4 Å². The zero-order valence-electron chi connectivity index (χ0n) is 13.7. The van der Waals surface area contributed by atoms with Gasteiger partial charge in [-0.2, -0.15) is 0 Å². The summed E-state index contributed by atoms with van der Waals surface area (Å²) in [5.41, 5.74) is 0. The number of amides is 1. The largest absolute Gasteiger partial charge is 0.413 e. The molecule has 1 aromatic heterocycles. The van der Waals surface area contributed by atoms with Gasteiger partial charge in [0.1, 0.15) is 0 Å². The third-order valence-electron chi connectivity index (χ3n) is 4.32. The number of thiophene rings is 1. The lowest BCUT2D eigenvalue weighted by Gasteiger charge is -2.32. The van der Waals surface area contributed by atoms with Gasteiger partial charge in [0.25, 0.3) is 0 Å². The fourth-order valence-electron chi connectivity index (χ4n) is 2.90. The number of ether oxygens (including phenoxy) is 1. The van der Waals surface area contributed by atoms with Crippen LogP contribution in [0.2, 0.25) is 4.34 Å². The lowest BCUT2D eigenvalue weighted by atomic mass is 10.1. The number of piperidine rings is 1. The second-order valence-corrected chi connectivity index (χ2v) is 9.90. The molecule has 1 saturated carbocycles.